The lowest BCUT2D eigenvalue weighted by Gasteiger charge is -2.34. The largest absolute Gasteiger partial charge is 0.330 e. The number of aromatic nitrogens is 2. The third-order valence-corrected chi connectivity index (χ3v) is 2.85. The highest BCUT2D eigenvalue weighted by atomic mass is 15.1. The van der Waals surface area contributed by atoms with E-state index in [1.165, 1.54) is 18.5 Å². The van der Waals surface area contributed by atoms with Crippen LogP contribution in [0.25, 0.3) is 0 Å². The summed E-state index contributed by atoms with van der Waals surface area (Å²) in [6.07, 6.45) is 6.54. The molecule has 0 spiro atoms. The summed E-state index contributed by atoms with van der Waals surface area (Å²) in [5, 5.41) is 3.16. The van der Waals surface area contributed by atoms with Gasteiger partial charge in [0, 0.05) is 18.8 Å². The molecule has 1 aromatic heterocycles. The van der Waals surface area contributed by atoms with Gasteiger partial charge in [0.1, 0.15) is 0 Å². The first-order valence-corrected chi connectivity index (χ1v) is 4.96. The Bertz CT molecular complexity index is 273. The van der Waals surface area contributed by atoms with Crippen LogP contribution in [0.2, 0.25) is 0 Å². The summed E-state index contributed by atoms with van der Waals surface area (Å²) in [6, 6.07) is 0.709. The molecular weight excluding hydrogens is 162 g/mol. The van der Waals surface area contributed by atoms with Crippen LogP contribution in [0.4, 0.5) is 0 Å². The van der Waals surface area contributed by atoms with Gasteiger partial charge in [-0.2, -0.15) is 0 Å². The average Bonchev–Trinajstić information content (AvgIpc) is 2.48. The van der Waals surface area contributed by atoms with Crippen LogP contribution in [-0.2, 0) is 6.54 Å². The van der Waals surface area contributed by atoms with Gasteiger partial charge in [0.25, 0.3) is 0 Å². The van der Waals surface area contributed by atoms with Gasteiger partial charge in [-0.05, 0) is 25.8 Å². The van der Waals surface area contributed by atoms with Crippen LogP contribution in [-0.4, -0.2) is 16.6 Å². The van der Waals surface area contributed by atoms with Gasteiger partial charge in [-0.1, -0.05) is 6.92 Å². The van der Waals surface area contributed by atoms with Crippen molar-refractivity contribution in [1.82, 2.24) is 14.9 Å². The van der Waals surface area contributed by atoms with Crippen molar-refractivity contribution in [3.05, 3.63) is 18.2 Å². The van der Waals surface area contributed by atoms with E-state index in [1.807, 2.05) is 19.6 Å². The smallest absolute Gasteiger partial charge is 0.0951 e. The summed E-state index contributed by atoms with van der Waals surface area (Å²) in [5.74, 6) is 0.898. The van der Waals surface area contributed by atoms with Gasteiger partial charge in [0.2, 0.25) is 0 Å². The molecule has 1 fully saturated rings. The molecule has 1 aromatic rings. The highest BCUT2D eigenvalue weighted by molar-refractivity contribution is 5.02. The maximum atomic E-state index is 4.19. The number of rotatable bonds is 3. The van der Waals surface area contributed by atoms with E-state index < -0.39 is 0 Å². The summed E-state index contributed by atoms with van der Waals surface area (Å²) >= 11 is 0. The summed E-state index contributed by atoms with van der Waals surface area (Å²) in [4.78, 5) is 4.19. The molecular formula is C10H17N3. The Labute approximate surface area is 79.2 Å². The molecule has 1 aliphatic rings. The van der Waals surface area contributed by atoms with Gasteiger partial charge in [-0.3, -0.25) is 0 Å². The van der Waals surface area contributed by atoms with Crippen LogP contribution < -0.4 is 5.32 Å². The van der Waals surface area contributed by atoms with Crippen LogP contribution >= 0.6 is 0 Å². The van der Waals surface area contributed by atoms with Crippen molar-refractivity contribution in [3.8, 4) is 0 Å². The number of hydrogen-bond acceptors (Lipinski definition) is 2. The highest BCUT2D eigenvalue weighted by Gasteiger charge is 2.27. The first kappa shape index (κ1) is 8.75. The SMILES string of the molecule is CNCc1cncn1C1CC(C)C1. The van der Waals surface area contributed by atoms with E-state index in [0.29, 0.717) is 6.04 Å². The fraction of sp³-hybridized carbons (Fsp3) is 0.700. The third kappa shape index (κ3) is 1.61. The summed E-state index contributed by atoms with van der Waals surface area (Å²) in [7, 11) is 1.97. The fourth-order valence-corrected chi connectivity index (χ4v) is 2.07. The lowest BCUT2D eigenvalue weighted by Crippen LogP contribution is -2.26. The van der Waals surface area contributed by atoms with Crippen molar-refractivity contribution in [2.24, 2.45) is 5.92 Å². The van der Waals surface area contributed by atoms with Gasteiger partial charge in [0.15, 0.2) is 0 Å². The summed E-state index contributed by atoms with van der Waals surface area (Å²) in [6.45, 7) is 3.23. The molecule has 1 heterocycles. The standard InChI is InChI=1S/C10H17N3/c1-8-3-9(4-8)13-7-12-6-10(13)5-11-2/h6-9,11H,3-5H2,1-2H3. The second-order valence-electron chi connectivity index (χ2n) is 4.05. The minimum Gasteiger partial charge on any atom is -0.330 e. The normalized spacial score (nSPS) is 27.2. The van der Waals surface area contributed by atoms with Crippen molar-refractivity contribution in [1.29, 1.82) is 0 Å². The molecule has 0 aliphatic heterocycles. The predicted molar refractivity (Wildman–Crippen MR) is 52.4 cm³/mol. The van der Waals surface area contributed by atoms with Crippen molar-refractivity contribution in [3.63, 3.8) is 0 Å². The Balaban J connectivity index is 2.06. The average molecular weight is 179 g/mol. The van der Waals surface area contributed by atoms with E-state index in [-0.39, 0.29) is 0 Å². The van der Waals surface area contributed by atoms with Crippen LogP contribution in [0.5, 0.6) is 0 Å². The number of hydrogen-bond donors (Lipinski definition) is 1. The first-order valence-electron chi connectivity index (χ1n) is 4.96. The molecule has 0 atom stereocenters. The van der Waals surface area contributed by atoms with Crippen LogP contribution in [0.15, 0.2) is 12.5 Å². The lowest BCUT2D eigenvalue weighted by molar-refractivity contribution is 0.211. The quantitative estimate of drug-likeness (QED) is 0.763. The molecule has 0 bridgehead atoms. The molecule has 3 nitrogen and oxygen atoms in total. The first-order chi connectivity index (χ1) is 6.31. The summed E-state index contributed by atoms with van der Waals surface area (Å²) < 4.78 is 2.32. The number of nitrogens with zero attached hydrogens (tertiary/aromatic N) is 2. The van der Waals surface area contributed by atoms with E-state index >= 15 is 0 Å². The van der Waals surface area contributed by atoms with Gasteiger partial charge in [-0.25, -0.2) is 4.98 Å². The number of nitrogens with one attached hydrogen (secondary N) is 1. The number of imidazole rings is 1. The van der Waals surface area contributed by atoms with Gasteiger partial charge in [0.05, 0.1) is 12.0 Å². The Morgan fingerprint density at radius 1 is 1.62 bits per heavy atom. The van der Waals surface area contributed by atoms with Crippen LogP contribution in [0, 0.1) is 5.92 Å². The zero-order valence-electron chi connectivity index (χ0n) is 8.33. The molecule has 1 N–H and O–H groups in total. The van der Waals surface area contributed by atoms with Crippen molar-refractivity contribution in [2.75, 3.05) is 7.05 Å². The molecule has 13 heavy (non-hydrogen) atoms. The van der Waals surface area contributed by atoms with Crippen LogP contribution in [0.1, 0.15) is 31.5 Å². The molecule has 0 amide bonds. The topological polar surface area (TPSA) is 29.9 Å². The monoisotopic (exact) mass is 179 g/mol. The Morgan fingerprint density at radius 2 is 2.38 bits per heavy atom. The van der Waals surface area contributed by atoms with Crippen molar-refractivity contribution in [2.45, 2.75) is 32.4 Å². The second kappa shape index (κ2) is 3.50. The molecule has 2 rings (SSSR count). The third-order valence-electron chi connectivity index (χ3n) is 2.85. The minimum atomic E-state index is 0.709. The fourth-order valence-electron chi connectivity index (χ4n) is 2.07. The molecule has 0 radical (unpaired) electrons. The van der Waals surface area contributed by atoms with Crippen molar-refractivity contribution < 1.29 is 0 Å². The molecule has 1 aliphatic carbocycles. The molecule has 1 saturated carbocycles. The minimum absolute atomic E-state index is 0.709. The maximum absolute atomic E-state index is 4.19. The molecule has 0 saturated heterocycles. The molecule has 0 unspecified atom stereocenters. The zero-order valence-corrected chi connectivity index (χ0v) is 8.33. The van der Waals surface area contributed by atoms with Crippen molar-refractivity contribution >= 4 is 0 Å². The van der Waals surface area contributed by atoms with E-state index in [9.17, 15) is 0 Å². The summed E-state index contributed by atoms with van der Waals surface area (Å²) in [5.41, 5.74) is 1.31. The second-order valence-corrected chi connectivity index (χ2v) is 4.05. The van der Waals surface area contributed by atoms with E-state index in [0.717, 1.165) is 12.5 Å². The van der Waals surface area contributed by atoms with Gasteiger partial charge < -0.3 is 9.88 Å². The predicted octanol–water partition coefficient (Wildman–Crippen LogP) is 1.57. The van der Waals surface area contributed by atoms with Crippen LogP contribution in [0.3, 0.4) is 0 Å². The lowest BCUT2D eigenvalue weighted by atomic mass is 9.81. The Hall–Kier alpha value is -0.830. The Kier molecular flexibility index (Phi) is 2.36. The van der Waals surface area contributed by atoms with E-state index in [1.54, 1.807) is 0 Å². The molecule has 0 aromatic carbocycles. The zero-order chi connectivity index (χ0) is 9.26. The Morgan fingerprint density at radius 3 is 3.00 bits per heavy atom. The van der Waals surface area contributed by atoms with Gasteiger partial charge >= 0.3 is 0 Å². The highest BCUT2D eigenvalue weighted by Crippen LogP contribution is 2.37. The maximum Gasteiger partial charge on any atom is 0.0951 e. The molecule has 72 valence electrons. The van der Waals surface area contributed by atoms with E-state index in [4.69, 9.17) is 0 Å². The van der Waals surface area contributed by atoms with E-state index in [2.05, 4.69) is 21.8 Å². The van der Waals surface area contributed by atoms with Gasteiger partial charge in [-0.15, -0.1) is 0 Å². The molecule has 3 heteroatoms.